The molecule has 0 rings (SSSR count). The maximum Gasteiger partial charge on any atom is 0.323 e. The fourth-order valence-corrected chi connectivity index (χ4v) is 1.16. The summed E-state index contributed by atoms with van der Waals surface area (Å²) in [6.45, 7) is 5.26. The number of nitrogens with zero attached hydrogens (tertiary/aromatic N) is 2. The first-order valence-corrected chi connectivity index (χ1v) is 5.32. The van der Waals surface area contributed by atoms with Gasteiger partial charge in [-0.25, -0.2) is 4.79 Å². The Hall–Kier alpha value is -1.30. The van der Waals surface area contributed by atoms with Crippen molar-refractivity contribution in [2.24, 2.45) is 0 Å². The average Bonchev–Trinajstić information content (AvgIpc) is 2.24. The molecule has 0 aromatic carbocycles. The summed E-state index contributed by atoms with van der Waals surface area (Å²) < 4.78 is 5.12. The normalized spacial score (nSPS) is 9.94. The van der Waals surface area contributed by atoms with Crippen molar-refractivity contribution >= 4 is 12.0 Å². The first-order chi connectivity index (χ1) is 7.52. The first kappa shape index (κ1) is 14.7. The zero-order valence-corrected chi connectivity index (χ0v) is 10.1. The predicted octanol–water partition coefficient (Wildman–Crippen LogP) is 0.481. The largest absolute Gasteiger partial charge is 0.480 e. The van der Waals surface area contributed by atoms with E-state index in [0.717, 1.165) is 0 Å². The van der Waals surface area contributed by atoms with Crippen molar-refractivity contribution in [3.8, 4) is 0 Å². The van der Waals surface area contributed by atoms with Crippen LogP contribution in [0.2, 0.25) is 0 Å². The summed E-state index contributed by atoms with van der Waals surface area (Å²) in [5, 5.41) is 8.62. The number of hydrogen-bond acceptors (Lipinski definition) is 3. The third-order valence-corrected chi connectivity index (χ3v) is 2.08. The first-order valence-electron chi connectivity index (χ1n) is 5.32. The Kier molecular flexibility index (Phi) is 7.28. The molecule has 0 heterocycles. The smallest absolute Gasteiger partial charge is 0.323 e. The van der Waals surface area contributed by atoms with Gasteiger partial charge in [0, 0.05) is 26.7 Å². The van der Waals surface area contributed by atoms with Crippen molar-refractivity contribution < 1.29 is 19.4 Å². The number of hydrogen-bond donors (Lipinski definition) is 1. The van der Waals surface area contributed by atoms with Crippen molar-refractivity contribution in [2.45, 2.75) is 13.8 Å². The Bertz CT molecular complexity index is 233. The highest BCUT2D eigenvalue weighted by Crippen LogP contribution is 1.96. The number of urea groups is 1. The zero-order chi connectivity index (χ0) is 12.6. The fourth-order valence-electron chi connectivity index (χ4n) is 1.16. The van der Waals surface area contributed by atoms with Gasteiger partial charge in [-0.2, -0.15) is 0 Å². The van der Waals surface area contributed by atoms with E-state index in [-0.39, 0.29) is 12.6 Å². The SMILES string of the molecule is CCOCCN(C)C(=O)N(CC)CC(=O)O. The highest BCUT2D eigenvalue weighted by atomic mass is 16.5. The van der Waals surface area contributed by atoms with Crippen LogP contribution in [0, 0.1) is 0 Å². The highest BCUT2D eigenvalue weighted by molar-refractivity contribution is 5.79. The van der Waals surface area contributed by atoms with Gasteiger partial charge in [-0.15, -0.1) is 0 Å². The number of aliphatic carboxylic acids is 1. The molecule has 0 fully saturated rings. The number of amides is 2. The van der Waals surface area contributed by atoms with Gasteiger partial charge in [-0.3, -0.25) is 4.79 Å². The molecule has 0 atom stereocenters. The summed E-state index contributed by atoms with van der Waals surface area (Å²) in [4.78, 5) is 25.0. The lowest BCUT2D eigenvalue weighted by Crippen LogP contribution is -2.44. The number of carbonyl (C=O) groups is 2. The second-order valence-electron chi connectivity index (χ2n) is 3.31. The minimum atomic E-state index is -1.01. The van der Waals surface area contributed by atoms with Crippen molar-refractivity contribution in [3.63, 3.8) is 0 Å². The van der Waals surface area contributed by atoms with E-state index in [1.807, 2.05) is 6.92 Å². The van der Waals surface area contributed by atoms with E-state index in [1.54, 1.807) is 14.0 Å². The lowest BCUT2D eigenvalue weighted by molar-refractivity contribution is -0.137. The number of likely N-dealkylation sites (N-methyl/N-ethyl adjacent to an activating group) is 2. The maximum absolute atomic E-state index is 11.7. The van der Waals surface area contributed by atoms with Gasteiger partial charge in [0.05, 0.1) is 6.61 Å². The van der Waals surface area contributed by atoms with Crippen LogP contribution in [0.4, 0.5) is 4.79 Å². The summed E-state index contributed by atoms with van der Waals surface area (Å²) in [6, 6.07) is -0.287. The quantitative estimate of drug-likeness (QED) is 0.648. The fraction of sp³-hybridized carbons (Fsp3) is 0.800. The Balaban J connectivity index is 4.11. The van der Waals surface area contributed by atoms with Crippen LogP contribution < -0.4 is 0 Å². The topological polar surface area (TPSA) is 70.1 Å². The number of ether oxygens (including phenoxy) is 1. The molecule has 0 spiro atoms. The Morgan fingerprint density at radius 1 is 1.31 bits per heavy atom. The molecule has 0 saturated heterocycles. The number of carboxylic acid groups (broad SMARTS) is 1. The standard InChI is InChI=1S/C10H20N2O4/c1-4-12(8-9(13)14)10(15)11(3)6-7-16-5-2/h4-8H2,1-3H3,(H,13,14). The summed E-state index contributed by atoms with van der Waals surface area (Å²) in [5.74, 6) is -1.01. The lowest BCUT2D eigenvalue weighted by atomic mass is 10.5. The van der Waals surface area contributed by atoms with Crippen LogP contribution in [-0.2, 0) is 9.53 Å². The van der Waals surface area contributed by atoms with Crippen LogP contribution in [0.5, 0.6) is 0 Å². The van der Waals surface area contributed by atoms with E-state index in [4.69, 9.17) is 9.84 Å². The molecule has 0 unspecified atom stereocenters. The molecule has 2 amide bonds. The minimum Gasteiger partial charge on any atom is -0.480 e. The zero-order valence-electron chi connectivity index (χ0n) is 10.1. The number of carboxylic acids is 1. The van der Waals surface area contributed by atoms with Gasteiger partial charge in [0.1, 0.15) is 6.54 Å². The molecular weight excluding hydrogens is 212 g/mol. The molecule has 0 bridgehead atoms. The lowest BCUT2D eigenvalue weighted by Gasteiger charge is -2.25. The van der Waals surface area contributed by atoms with Crippen molar-refractivity contribution in [2.75, 3.05) is 39.9 Å². The second kappa shape index (κ2) is 7.92. The van der Waals surface area contributed by atoms with Crippen molar-refractivity contribution in [1.29, 1.82) is 0 Å². The monoisotopic (exact) mass is 232 g/mol. The van der Waals surface area contributed by atoms with Gasteiger partial charge in [-0.1, -0.05) is 0 Å². The Morgan fingerprint density at radius 3 is 2.38 bits per heavy atom. The molecule has 0 aliphatic carbocycles. The van der Waals surface area contributed by atoms with Gasteiger partial charge in [0.15, 0.2) is 0 Å². The van der Waals surface area contributed by atoms with Gasteiger partial charge in [0.25, 0.3) is 0 Å². The van der Waals surface area contributed by atoms with Gasteiger partial charge < -0.3 is 19.6 Å². The Morgan fingerprint density at radius 2 is 1.94 bits per heavy atom. The molecule has 0 aromatic rings. The van der Waals surface area contributed by atoms with Crippen molar-refractivity contribution in [3.05, 3.63) is 0 Å². The maximum atomic E-state index is 11.7. The summed E-state index contributed by atoms with van der Waals surface area (Å²) in [5.41, 5.74) is 0. The van der Waals surface area contributed by atoms with Crippen LogP contribution in [-0.4, -0.2) is 66.8 Å². The second-order valence-corrected chi connectivity index (χ2v) is 3.31. The molecular formula is C10H20N2O4. The number of carbonyl (C=O) groups excluding carboxylic acids is 1. The molecule has 94 valence electrons. The molecule has 0 aromatic heterocycles. The molecule has 0 saturated carbocycles. The van der Waals surface area contributed by atoms with Crippen LogP contribution in [0.15, 0.2) is 0 Å². The van der Waals surface area contributed by atoms with E-state index in [2.05, 4.69) is 0 Å². The molecule has 0 aliphatic rings. The van der Waals surface area contributed by atoms with Crippen LogP contribution in [0.25, 0.3) is 0 Å². The predicted molar refractivity (Wildman–Crippen MR) is 59.4 cm³/mol. The van der Waals surface area contributed by atoms with E-state index < -0.39 is 5.97 Å². The average molecular weight is 232 g/mol. The highest BCUT2D eigenvalue weighted by Gasteiger charge is 2.18. The van der Waals surface area contributed by atoms with E-state index in [0.29, 0.717) is 26.3 Å². The van der Waals surface area contributed by atoms with Crippen molar-refractivity contribution in [1.82, 2.24) is 9.80 Å². The van der Waals surface area contributed by atoms with E-state index >= 15 is 0 Å². The summed E-state index contributed by atoms with van der Waals surface area (Å²) in [6.07, 6.45) is 0. The summed E-state index contributed by atoms with van der Waals surface area (Å²) >= 11 is 0. The number of rotatable bonds is 7. The third-order valence-electron chi connectivity index (χ3n) is 2.08. The summed E-state index contributed by atoms with van der Waals surface area (Å²) in [7, 11) is 1.63. The minimum absolute atomic E-state index is 0.270. The Labute approximate surface area is 95.8 Å². The van der Waals surface area contributed by atoms with Crippen LogP contribution in [0.3, 0.4) is 0 Å². The van der Waals surface area contributed by atoms with E-state index in [1.165, 1.54) is 9.80 Å². The molecule has 0 aliphatic heterocycles. The van der Waals surface area contributed by atoms with Gasteiger partial charge in [-0.05, 0) is 13.8 Å². The molecule has 6 nitrogen and oxygen atoms in total. The molecule has 1 N–H and O–H groups in total. The van der Waals surface area contributed by atoms with Crippen LogP contribution in [0.1, 0.15) is 13.8 Å². The van der Waals surface area contributed by atoms with Crippen LogP contribution >= 0.6 is 0 Å². The van der Waals surface area contributed by atoms with E-state index in [9.17, 15) is 9.59 Å². The van der Waals surface area contributed by atoms with Gasteiger partial charge in [0.2, 0.25) is 0 Å². The molecule has 6 heteroatoms. The molecule has 16 heavy (non-hydrogen) atoms. The molecule has 0 radical (unpaired) electrons. The third kappa shape index (κ3) is 5.55. The van der Waals surface area contributed by atoms with Gasteiger partial charge >= 0.3 is 12.0 Å².